The summed E-state index contributed by atoms with van der Waals surface area (Å²) in [5, 5.41) is 2.40. The van der Waals surface area contributed by atoms with Gasteiger partial charge in [0.05, 0.1) is 25.0 Å². The van der Waals surface area contributed by atoms with E-state index in [0.29, 0.717) is 23.1 Å². The second-order valence-corrected chi connectivity index (χ2v) is 8.51. The molecule has 0 saturated carbocycles. The Morgan fingerprint density at radius 2 is 1.76 bits per heavy atom. The summed E-state index contributed by atoms with van der Waals surface area (Å²) in [6, 6.07) is 22.7. The van der Waals surface area contributed by atoms with Crippen LogP contribution in [0.4, 0.5) is 15.8 Å². The summed E-state index contributed by atoms with van der Waals surface area (Å²) in [6.45, 7) is 0.340. The van der Waals surface area contributed by atoms with Gasteiger partial charge in [0.1, 0.15) is 16.8 Å². The zero-order valence-corrected chi connectivity index (χ0v) is 18.7. The zero-order chi connectivity index (χ0) is 23.2. The highest BCUT2D eigenvalue weighted by atomic mass is 32.2. The number of amidine groups is 1. The highest BCUT2D eigenvalue weighted by Crippen LogP contribution is 2.33. The first kappa shape index (κ1) is 22.5. The third kappa shape index (κ3) is 5.59. The fraction of sp³-hybridized carbons (Fsp3) is 0.160. The Balaban J connectivity index is 1.54. The molecule has 1 atom stereocenters. The molecule has 0 bridgehead atoms. The summed E-state index contributed by atoms with van der Waals surface area (Å²) in [6.07, 6.45) is -0.0925. The van der Waals surface area contributed by atoms with Crippen LogP contribution in [-0.4, -0.2) is 34.2 Å². The molecular weight excluding hydrogens is 441 g/mol. The molecule has 3 aromatic carbocycles. The van der Waals surface area contributed by atoms with Gasteiger partial charge >= 0.3 is 0 Å². The van der Waals surface area contributed by atoms with Gasteiger partial charge < -0.3 is 10.1 Å². The molecule has 0 unspecified atom stereocenters. The van der Waals surface area contributed by atoms with Crippen molar-refractivity contribution in [2.75, 3.05) is 12.4 Å². The van der Waals surface area contributed by atoms with Crippen LogP contribution in [-0.2, 0) is 16.1 Å². The molecule has 6 nitrogen and oxygen atoms in total. The number of hydrogen-bond acceptors (Lipinski definition) is 5. The Kier molecular flexibility index (Phi) is 7.04. The number of nitrogens with zero attached hydrogens (tertiary/aromatic N) is 2. The molecule has 0 aliphatic carbocycles. The largest absolute Gasteiger partial charge is 0.497 e. The normalized spacial score (nSPS) is 16.8. The summed E-state index contributed by atoms with van der Waals surface area (Å²) in [5.74, 6) is -0.460. The summed E-state index contributed by atoms with van der Waals surface area (Å²) in [4.78, 5) is 32.0. The van der Waals surface area contributed by atoms with E-state index in [1.807, 2.05) is 30.3 Å². The van der Waals surface area contributed by atoms with Gasteiger partial charge in [-0.15, -0.1) is 0 Å². The number of carbonyl (C=O) groups is 2. The minimum absolute atomic E-state index is 0.0891. The molecule has 0 spiro atoms. The molecule has 3 aromatic rings. The number of benzene rings is 3. The lowest BCUT2D eigenvalue weighted by Crippen LogP contribution is -2.33. The number of anilines is 1. The highest BCUT2D eigenvalue weighted by molar-refractivity contribution is 8.15. The van der Waals surface area contributed by atoms with E-state index >= 15 is 0 Å². The first-order valence-electron chi connectivity index (χ1n) is 10.3. The number of hydrogen-bond donors (Lipinski definition) is 1. The first-order chi connectivity index (χ1) is 16.0. The van der Waals surface area contributed by atoms with Crippen molar-refractivity contribution in [3.63, 3.8) is 0 Å². The van der Waals surface area contributed by atoms with Crippen LogP contribution in [0.25, 0.3) is 0 Å². The molecule has 4 rings (SSSR count). The molecule has 1 N–H and O–H groups in total. The van der Waals surface area contributed by atoms with Gasteiger partial charge in [-0.1, -0.05) is 54.2 Å². The molecule has 1 fully saturated rings. The van der Waals surface area contributed by atoms with Crippen molar-refractivity contribution in [1.29, 1.82) is 0 Å². The second-order valence-electron chi connectivity index (χ2n) is 7.34. The van der Waals surface area contributed by atoms with E-state index in [9.17, 15) is 14.0 Å². The van der Waals surface area contributed by atoms with E-state index in [1.165, 1.54) is 23.9 Å². The number of amides is 2. The number of para-hydroxylation sites is 1. The van der Waals surface area contributed by atoms with Crippen molar-refractivity contribution in [2.45, 2.75) is 18.2 Å². The van der Waals surface area contributed by atoms with Gasteiger partial charge in [-0.05, 0) is 42.0 Å². The predicted octanol–water partition coefficient (Wildman–Crippen LogP) is 4.99. The Hall–Kier alpha value is -3.65. The lowest BCUT2D eigenvalue weighted by Gasteiger charge is -2.16. The molecule has 1 heterocycles. The maximum atomic E-state index is 13.9. The third-order valence-electron chi connectivity index (χ3n) is 5.02. The number of aliphatic imine (C=N–C) groups is 1. The fourth-order valence-corrected chi connectivity index (χ4v) is 4.49. The van der Waals surface area contributed by atoms with Crippen LogP contribution in [0.1, 0.15) is 12.0 Å². The second kappa shape index (κ2) is 10.3. The summed E-state index contributed by atoms with van der Waals surface area (Å²) in [5.41, 5.74) is 1.71. The molecule has 168 valence electrons. The van der Waals surface area contributed by atoms with Gasteiger partial charge in [0, 0.05) is 6.42 Å². The Labute approximate surface area is 195 Å². The van der Waals surface area contributed by atoms with Crippen LogP contribution in [0.15, 0.2) is 83.9 Å². The van der Waals surface area contributed by atoms with Crippen LogP contribution in [0.3, 0.4) is 0 Å². The van der Waals surface area contributed by atoms with Crippen LogP contribution in [0, 0.1) is 5.82 Å². The van der Waals surface area contributed by atoms with Gasteiger partial charge in [0.25, 0.3) is 0 Å². The number of thioether (sulfide) groups is 1. The highest BCUT2D eigenvalue weighted by Gasteiger charge is 2.39. The molecule has 33 heavy (non-hydrogen) atoms. The number of nitrogens with one attached hydrogen (secondary N) is 1. The van der Waals surface area contributed by atoms with Crippen molar-refractivity contribution in [1.82, 2.24) is 4.90 Å². The van der Waals surface area contributed by atoms with Crippen molar-refractivity contribution >= 4 is 40.1 Å². The SMILES string of the molecule is COc1ccc(N=C2S[C@H](CC(=O)Nc3ccccc3F)C(=O)N2Cc2ccccc2)cc1. The standard InChI is InChI=1S/C25H22FN3O3S/c1-32-19-13-11-18(12-14-19)27-25-29(16-17-7-3-2-4-8-17)24(31)22(33-25)15-23(30)28-21-10-6-5-9-20(21)26/h2-14,22H,15-16H2,1H3,(H,28,30)/t22-/m1/s1. The van der Waals surface area contributed by atoms with Gasteiger partial charge in [-0.3, -0.25) is 14.5 Å². The fourth-order valence-electron chi connectivity index (χ4n) is 3.34. The Morgan fingerprint density at radius 3 is 2.45 bits per heavy atom. The maximum absolute atomic E-state index is 13.9. The van der Waals surface area contributed by atoms with Gasteiger partial charge in [-0.2, -0.15) is 0 Å². The lowest BCUT2D eigenvalue weighted by molar-refractivity contribution is -0.128. The van der Waals surface area contributed by atoms with E-state index in [4.69, 9.17) is 4.74 Å². The first-order valence-corrected chi connectivity index (χ1v) is 11.2. The van der Waals surface area contributed by atoms with Crippen LogP contribution in [0.2, 0.25) is 0 Å². The molecule has 1 aliphatic rings. The van der Waals surface area contributed by atoms with E-state index < -0.39 is 17.0 Å². The molecular formula is C25H22FN3O3S. The molecule has 8 heteroatoms. The number of rotatable bonds is 7. The quantitative estimate of drug-likeness (QED) is 0.536. The number of carbonyl (C=O) groups excluding carboxylic acids is 2. The topological polar surface area (TPSA) is 71.0 Å². The van der Waals surface area contributed by atoms with E-state index in [1.54, 1.807) is 48.4 Å². The molecule has 1 aliphatic heterocycles. The van der Waals surface area contributed by atoms with Crippen molar-refractivity contribution in [3.8, 4) is 5.75 Å². The average Bonchev–Trinajstić information content (AvgIpc) is 3.10. The minimum atomic E-state index is -0.655. The maximum Gasteiger partial charge on any atom is 0.242 e. The summed E-state index contributed by atoms with van der Waals surface area (Å²) < 4.78 is 19.1. The van der Waals surface area contributed by atoms with Gasteiger partial charge in [-0.25, -0.2) is 9.38 Å². The predicted molar refractivity (Wildman–Crippen MR) is 128 cm³/mol. The summed E-state index contributed by atoms with van der Waals surface area (Å²) >= 11 is 1.23. The Morgan fingerprint density at radius 1 is 1.06 bits per heavy atom. The van der Waals surface area contributed by atoms with Crippen LogP contribution >= 0.6 is 11.8 Å². The lowest BCUT2D eigenvalue weighted by atomic mass is 10.2. The number of halogens is 1. The van der Waals surface area contributed by atoms with Crippen molar-refractivity contribution in [3.05, 3.63) is 90.2 Å². The van der Waals surface area contributed by atoms with E-state index in [-0.39, 0.29) is 18.0 Å². The Bertz CT molecular complexity index is 1170. The minimum Gasteiger partial charge on any atom is -0.497 e. The number of methoxy groups -OCH3 is 1. The molecule has 2 amide bonds. The third-order valence-corrected chi connectivity index (χ3v) is 6.19. The number of ether oxygens (including phenoxy) is 1. The molecule has 1 saturated heterocycles. The summed E-state index contributed by atoms with van der Waals surface area (Å²) in [7, 11) is 1.59. The van der Waals surface area contributed by atoms with E-state index in [0.717, 1.165) is 5.56 Å². The van der Waals surface area contributed by atoms with Gasteiger partial charge in [0.15, 0.2) is 5.17 Å². The van der Waals surface area contributed by atoms with Crippen LogP contribution < -0.4 is 10.1 Å². The van der Waals surface area contributed by atoms with Crippen LogP contribution in [0.5, 0.6) is 5.75 Å². The monoisotopic (exact) mass is 463 g/mol. The smallest absolute Gasteiger partial charge is 0.242 e. The average molecular weight is 464 g/mol. The zero-order valence-electron chi connectivity index (χ0n) is 17.9. The molecule has 0 aromatic heterocycles. The van der Waals surface area contributed by atoms with Gasteiger partial charge in [0.2, 0.25) is 11.8 Å². The van der Waals surface area contributed by atoms with Crippen molar-refractivity contribution in [2.24, 2.45) is 4.99 Å². The van der Waals surface area contributed by atoms with E-state index in [2.05, 4.69) is 10.3 Å². The molecule has 0 radical (unpaired) electrons. The van der Waals surface area contributed by atoms with Crippen molar-refractivity contribution < 1.29 is 18.7 Å².